The van der Waals surface area contributed by atoms with E-state index < -0.39 is 6.04 Å². The van der Waals surface area contributed by atoms with Crippen LogP contribution in [0.1, 0.15) is 34.7 Å². The summed E-state index contributed by atoms with van der Waals surface area (Å²) in [5.74, 6) is 0.721. The third-order valence-electron chi connectivity index (χ3n) is 4.87. The van der Waals surface area contributed by atoms with Crippen molar-refractivity contribution in [1.29, 1.82) is 0 Å². The molecule has 10 heteroatoms. The van der Waals surface area contributed by atoms with E-state index in [4.69, 9.17) is 16.3 Å². The lowest BCUT2D eigenvalue weighted by atomic mass is 10.1. The molecule has 178 valence electrons. The van der Waals surface area contributed by atoms with Crippen LogP contribution in [0.2, 0.25) is 5.02 Å². The fourth-order valence-electron chi connectivity index (χ4n) is 3.17. The zero-order valence-corrected chi connectivity index (χ0v) is 20.7. The van der Waals surface area contributed by atoms with Crippen LogP contribution in [-0.2, 0) is 11.3 Å². The van der Waals surface area contributed by atoms with Gasteiger partial charge in [-0.2, -0.15) is 0 Å². The number of hydrogen-bond acceptors (Lipinski definition) is 6. The molecular weight excluding hydrogens is 474 g/mol. The number of rotatable bonds is 10. The number of carbonyl (C=O) groups is 2. The number of allylic oxidation sites excluding steroid dienone is 1. The Morgan fingerprint density at radius 3 is 2.65 bits per heavy atom. The first-order valence-electron chi connectivity index (χ1n) is 10.5. The van der Waals surface area contributed by atoms with Crippen LogP contribution in [0.4, 0.5) is 5.69 Å². The van der Waals surface area contributed by atoms with Crippen molar-refractivity contribution in [3.05, 3.63) is 77.1 Å². The van der Waals surface area contributed by atoms with Gasteiger partial charge in [0.2, 0.25) is 5.91 Å². The highest BCUT2D eigenvalue weighted by atomic mass is 35.5. The van der Waals surface area contributed by atoms with E-state index in [1.807, 2.05) is 30.5 Å². The molecule has 0 unspecified atom stereocenters. The Kier molecular flexibility index (Phi) is 8.72. The van der Waals surface area contributed by atoms with Gasteiger partial charge in [-0.1, -0.05) is 47.1 Å². The number of amides is 2. The number of thioether (sulfide) groups is 1. The van der Waals surface area contributed by atoms with Gasteiger partial charge in [0.25, 0.3) is 5.91 Å². The average Bonchev–Trinajstić information content (AvgIpc) is 3.21. The molecule has 0 spiro atoms. The molecule has 3 aromatic rings. The molecule has 0 aliphatic rings. The van der Waals surface area contributed by atoms with E-state index in [0.717, 1.165) is 5.56 Å². The number of methoxy groups -OCH3 is 1. The van der Waals surface area contributed by atoms with Gasteiger partial charge in [0, 0.05) is 17.1 Å². The summed E-state index contributed by atoms with van der Waals surface area (Å²) in [6.07, 6.45) is 1.71. The lowest BCUT2D eigenvalue weighted by Gasteiger charge is -2.15. The maximum Gasteiger partial charge on any atom is 0.251 e. The Bertz CT molecular complexity index is 1180. The molecule has 0 aliphatic heterocycles. The van der Waals surface area contributed by atoms with E-state index in [-0.39, 0.29) is 17.6 Å². The van der Waals surface area contributed by atoms with Gasteiger partial charge in [0.05, 0.1) is 24.6 Å². The second kappa shape index (κ2) is 11.7. The number of anilines is 1. The van der Waals surface area contributed by atoms with Crippen LogP contribution in [0.25, 0.3) is 0 Å². The maximum atomic E-state index is 12.6. The summed E-state index contributed by atoms with van der Waals surface area (Å²) in [7, 11) is 1.52. The molecule has 0 radical (unpaired) electrons. The fraction of sp³-hybridized carbons (Fsp3) is 0.250. The van der Waals surface area contributed by atoms with Gasteiger partial charge < -0.3 is 19.9 Å². The highest BCUT2D eigenvalue weighted by Gasteiger charge is 2.20. The largest absolute Gasteiger partial charge is 0.495 e. The monoisotopic (exact) mass is 499 g/mol. The number of benzene rings is 2. The standard InChI is InChI=1S/C24H26ClN5O3S/c1-5-12-30-22(16(3)26-23(32)17-8-6-15(2)7-9-17)28-29-24(30)34-14-21(31)27-19-13-18(25)10-11-20(19)33-4/h5-11,13,16H,1,12,14H2,2-4H3,(H,26,32)(H,27,31)/t16-/m1/s1. The van der Waals surface area contributed by atoms with E-state index in [0.29, 0.717) is 39.5 Å². The van der Waals surface area contributed by atoms with Crippen LogP contribution in [0.15, 0.2) is 60.3 Å². The van der Waals surface area contributed by atoms with E-state index in [1.165, 1.54) is 18.9 Å². The minimum absolute atomic E-state index is 0.0923. The van der Waals surface area contributed by atoms with Crippen LogP contribution < -0.4 is 15.4 Å². The van der Waals surface area contributed by atoms with Crippen LogP contribution in [0.3, 0.4) is 0 Å². The molecule has 0 fully saturated rings. The Balaban J connectivity index is 1.68. The molecule has 3 rings (SSSR count). The SMILES string of the molecule is C=CCn1c(SCC(=O)Nc2cc(Cl)ccc2OC)nnc1[C@@H](C)NC(=O)c1ccc(C)cc1. The van der Waals surface area contributed by atoms with Crippen molar-refractivity contribution in [2.45, 2.75) is 31.6 Å². The number of halogens is 1. The first kappa shape index (κ1) is 25.3. The van der Waals surface area contributed by atoms with E-state index in [9.17, 15) is 9.59 Å². The smallest absolute Gasteiger partial charge is 0.251 e. The molecule has 2 N–H and O–H groups in total. The van der Waals surface area contributed by atoms with Crippen molar-refractivity contribution in [3.8, 4) is 5.75 Å². The highest BCUT2D eigenvalue weighted by molar-refractivity contribution is 7.99. The molecule has 2 amide bonds. The van der Waals surface area contributed by atoms with E-state index in [2.05, 4.69) is 27.4 Å². The lowest BCUT2D eigenvalue weighted by molar-refractivity contribution is -0.113. The summed E-state index contributed by atoms with van der Waals surface area (Å²) in [4.78, 5) is 25.2. The second-order valence-electron chi connectivity index (χ2n) is 7.48. The number of aryl methyl sites for hydroxylation is 1. The zero-order chi connectivity index (χ0) is 24.7. The normalized spacial score (nSPS) is 11.5. The minimum Gasteiger partial charge on any atom is -0.495 e. The van der Waals surface area contributed by atoms with Gasteiger partial charge in [-0.3, -0.25) is 9.59 Å². The fourth-order valence-corrected chi connectivity index (χ4v) is 4.10. The van der Waals surface area contributed by atoms with Gasteiger partial charge in [-0.25, -0.2) is 0 Å². The predicted octanol–water partition coefficient (Wildman–Crippen LogP) is 4.66. The molecule has 0 aliphatic carbocycles. The lowest BCUT2D eigenvalue weighted by Crippen LogP contribution is -2.28. The number of nitrogens with zero attached hydrogens (tertiary/aromatic N) is 3. The van der Waals surface area contributed by atoms with E-state index >= 15 is 0 Å². The number of hydrogen-bond donors (Lipinski definition) is 2. The van der Waals surface area contributed by atoms with E-state index in [1.54, 1.807) is 36.4 Å². The van der Waals surface area contributed by atoms with Gasteiger partial charge in [0.15, 0.2) is 11.0 Å². The van der Waals surface area contributed by atoms with Crippen molar-refractivity contribution < 1.29 is 14.3 Å². The average molecular weight is 500 g/mol. The molecule has 0 bridgehead atoms. The molecule has 8 nitrogen and oxygen atoms in total. The van der Waals surface area contributed by atoms with Gasteiger partial charge in [0.1, 0.15) is 5.75 Å². The van der Waals surface area contributed by atoms with Crippen LogP contribution >= 0.6 is 23.4 Å². The Morgan fingerprint density at radius 1 is 1.24 bits per heavy atom. The van der Waals surface area contributed by atoms with Gasteiger partial charge in [-0.05, 0) is 44.2 Å². The van der Waals surface area contributed by atoms with Crippen molar-refractivity contribution >= 4 is 40.9 Å². The number of nitrogens with one attached hydrogen (secondary N) is 2. The third-order valence-corrected chi connectivity index (χ3v) is 6.08. The summed E-state index contributed by atoms with van der Waals surface area (Å²) in [5.41, 5.74) is 2.13. The van der Waals surface area contributed by atoms with Crippen molar-refractivity contribution in [2.24, 2.45) is 0 Å². The van der Waals surface area contributed by atoms with Crippen LogP contribution in [0.5, 0.6) is 5.75 Å². The topological polar surface area (TPSA) is 98.1 Å². The summed E-state index contributed by atoms with van der Waals surface area (Å²) >= 11 is 7.26. The molecule has 0 saturated carbocycles. The molecule has 1 heterocycles. The molecular formula is C24H26ClN5O3S. The van der Waals surface area contributed by atoms with Crippen molar-refractivity contribution in [1.82, 2.24) is 20.1 Å². The molecule has 2 aromatic carbocycles. The van der Waals surface area contributed by atoms with Crippen LogP contribution in [0, 0.1) is 6.92 Å². The predicted molar refractivity (Wildman–Crippen MR) is 135 cm³/mol. The molecule has 1 atom stereocenters. The zero-order valence-electron chi connectivity index (χ0n) is 19.2. The summed E-state index contributed by atoms with van der Waals surface area (Å²) in [6, 6.07) is 11.9. The summed E-state index contributed by atoms with van der Waals surface area (Å²) in [5, 5.41) is 15.3. The van der Waals surface area contributed by atoms with Crippen molar-refractivity contribution in [3.63, 3.8) is 0 Å². The molecule has 34 heavy (non-hydrogen) atoms. The quantitative estimate of drug-likeness (QED) is 0.311. The van der Waals surface area contributed by atoms with Gasteiger partial charge >= 0.3 is 0 Å². The Labute approximate surface area is 207 Å². The van der Waals surface area contributed by atoms with Crippen LogP contribution in [-0.4, -0.2) is 39.4 Å². The first-order chi connectivity index (χ1) is 16.3. The Morgan fingerprint density at radius 2 is 1.97 bits per heavy atom. The number of aromatic nitrogens is 3. The van der Waals surface area contributed by atoms with Crippen molar-refractivity contribution in [2.75, 3.05) is 18.2 Å². The maximum absolute atomic E-state index is 12.6. The summed E-state index contributed by atoms with van der Waals surface area (Å²) in [6.45, 7) is 8.02. The first-order valence-corrected chi connectivity index (χ1v) is 11.9. The van der Waals surface area contributed by atoms with Gasteiger partial charge in [-0.15, -0.1) is 16.8 Å². The minimum atomic E-state index is -0.403. The highest BCUT2D eigenvalue weighted by Crippen LogP contribution is 2.28. The molecule has 1 aromatic heterocycles. The second-order valence-corrected chi connectivity index (χ2v) is 8.86. The molecule has 0 saturated heterocycles. The number of carbonyl (C=O) groups excluding carboxylic acids is 2. The third kappa shape index (κ3) is 6.39. The number of ether oxygens (including phenoxy) is 1. The summed E-state index contributed by atoms with van der Waals surface area (Å²) < 4.78 is 7.09. The Hall–Kier alpha value is -3.30.